The second-order valence-electron chi connectivity index (χ2n) is 7.99. The Bertz CT molecular complexity index is 1300. The molecular weight excluding hydrogens is 474 g/mol. The molecule has 178 valence electrons. The summed E-state index contributed by atoms with van der Waals surface area (Å²) in [5.74, 6) is -0.657. The predicted octanol–water partition coefficient (Wildman–Crippen LogP) is 7.54. The Balaban J connectivity index is 1.71. The van der Waals surface area contributed by atoms with Crippen LogP contribution in [-0.2, 0) is 16.0 Å². The average molecular weight is 502 g/mol. The van der Waals surface area contributed by atoms with Crippen molar-refractivity contribution in [1.82, 2.24) is 0 Å². The van der Waals surface area contributed by atoms with Crippen LogP contribution in [0.5, 0.6) is 0 Å². The lowest BCUT2D eigenvalue weighted by Gasteiger charge is -2.17. The fourth-order valence-corrected chi connectivity index (χ4v) is 6.01. The first-order chi connectivity index (χ1) is 17.0. The lowest BCUT2D eigenvalue weighted by Crippen LogP contribution is -2.20. The molecule has 4 nitrogen and oxygen atoms in total. The van der Waals surface area contributed by atoms with Gasteiger partial charge in [-0.1, -0.05) is 79.7 Å². The average Bonchev–Trinajstić information content (AvgIpc) is 3.23. The molecule has 1 heterocycles. The Hall–Kier alpha value is -3.35. The molecule has 1 N–H and O–H groups in total. The zero-order valence-electron chi connectivity index (χ0n) is 19.9. The van der Waals surface area contributed by atoms with E-state index in [-0.39, 0.29) is 5.91 Å². The molecule has 0 bridgehead atoms. The second kappa shape index (κ2) is 11.4. The zero-order valence-corrected chi connectivity index (χ0v) is 21.5. The molecule has 6 heteroatoms. The summed E-state index contributed by atoms with van der Waals surface area (Å²) in [7, 11) is 1.36. The Morgan fingerprint density at radius 1 is 0.943 bits per heavy atom. The highest BCUT2D eigenvalue weighted by Gasteiger charge is 2.28. The van der Waals surface area contributed by atoms with E-state index in [1.165, 1.54) is 35.8 Å². The fraction of sp³-hybridized carbons (Fsp3) is 0.172. The maximum atomic E-state index is 13.6. The van der Waals surface area contributed by atoms with E-state index in [0.717, 1.165) is 32.9 Å². The van der Waals surface area contributed by atoms with Gasteiger partial charge in [0.1, 0.15) is 15.8 Å². The Morgan fingerprint density at radius 3 is 2.17 bits per heavy atom. The van der Waals surface area contributed by atoms with E-state index in [9.17, 15) is 9.59 Å². The van der Waals surface area contributed by atoms with Crippen LogP contribution < -0.4 is 5.32 Å². The highest BCUT2D eigenvalue weighted by molar-refractivity contribution is 8.00. The first kappa shape index (κ1) is 24.8. The summed E-state index contributed by atoms with van der Waals surface area (Å²) in [5, 5.41) is 3.07. The van der Waals surface area contributed by atoms with Crippen LogP contribution in [0.3, 0.4) is 0 Å². The SMILES string of the molecule is CCc1ccc(-c2c(C)sc(NC(=O)[C@H](Sc3ccccc3)c3ccccc3)c2C(=O)OC)cc1. The highest BCUT2D eigenvalue weighted by atomic mass is 32.2. The Morgan fingerprint density at radius 2 is 1.57 bits per heavy atom. The Labute approximate surface area is 214 Å². The van der Waals surface area contributed by atoms with Crippen LogP contribution >= 0.6 is 23.1 Å². The second-order valence-corrected chi connectivity index (χ2v) is 10.4. The third kappa shape index (κ3) is 5.66. The van der Waals surface area contributed by atoms with Crippen molar-refractivity contribution in [2.45, 2.75) is 30.4 Å². The van der Waals surface area contributed by atoms with Crippen molar-refractivity contribution in [3.05, 3.63) is 106 Å². The minimum absolute atomic E-state index is 0.190. The smallest absolute Gasteiger partial charge is 0.341 e. The number of hydrogen-bond donors (Lipinski definition) is 1. The number of methoxy groups -OCH3 is 1. The van der Waals surface area contributed by atoms with Gasteiger partial charge in [-0.2, -0.15) is 0 Å². The quantitative estimate of drug-likeness (QED) is 0.200. The largest absolute Gasteiger partial charge is 0.465 e. The third-order valence-electron chi connectivity index (χ3n) is 5.70. The van der Waals surface area contributed by atoms with Gasteiger partial charge in [0.2, 0.25) is 5.91 Å². The summed E-state index contributed by atoms with van der Waals surface area (Å²) in [6, 6.07) is 27.7. The Kier molecular flexibility index (Phi) is 8.06. The van der Waals surface area contributed by atoms with E-state index in [4.69, 9.17) is 4.74 Å². The number of amides is 1. The standard InChI is InChI=1S/C29H27NO3S2/c1-4-20-15-17-21(18-16-20)24-19(2)34-28(25(24)29(32)33-3)30-27(31)26(22-11-7-5-8-12-22)35-23-13-9-6-10-14-23/h5-18,26H,4H2,1-3H3,(H,30,31)/t26-/m1/s1. The molecule has 1 aromatic heterocycles. The van der Waals surface area contributed by atoms with Gasteiger partial charge in [-0.15, -0.1) is 23.1 Å². The van der Waals surface area contributed by atoms with Crippen LogP contribution in [-0.4, -0.2) is 19.0 Å². The number of benzene rings is 3. The number of thioether (sulfide) groups is 1. The molecule has 0 aliphatic carbocycles. The summed E-state index contributed by atoms with van der Waals surface area (Å²) < 4.78 is 5.13. The number of aryl methyl sites for hydroxylation is 2. The molecule has 1 amide bonds. The molecule has 0 saturated heterocycles. The number of carbonyl (C=O) groups excluding carboxylic acids is 2. The number of anilines is 1. The van der Waals surface area contributed by atoms with Gasteiger partial charge in [0.25, 0.3) is 0 Å². The van der Waals surface area contributed by atoms with E-state index < -0.39 is 11.2 Å². The van der Waals surface area contributed by atoms with Crippen molar-refractivity contribution in [3.8, 4) is 11.1 Å². The summed E-state index contributed by atoms with van der Waals surface area (Å²) in [4.78, 5) is 28.5. The van der Waals surface area contributed by atoms with E-state index in [2.05, 4.69) is 24.4 Å². The molecule has 0 fully saturated rings. The molecule has 4 rings (SSSR count). The summed E-state index contributed by atoms with van der Waals surface area (Å²) in [5.41, 5.74) is 4.23. The van der Waals surface area contributed by atoms with Crippen LogP contribution in [0.25, 0.3) is 11.1 Å². The molecule has 1 atom stereocenters. The van der Waals surface area contributed by atoms with Crippen molar-refractivity contribution in [1.29, 1.82) is 0 Å². The number of hydrogen-bond acceptors (Lipinski definition) is 5. The maximum Gasteiger partial charge on any atom is 0.341 e. The number of thiophene rings is 1. The summed E-state index contributed by atoms with van der Waals surface area (Å²) in [6.07, 6.45) is 0.939. The first-order valence-electron chi connectivity index (χ1n) is 11.4. The number of ether oxygens (including phenoxy) is 1. The molecule has 3 aromatic carbocycles. The number of nitrogens with one attached hydrogen (secondary N) is 1. The van der Waals surface area contributed by atoms with Crippen LogP contribution in [0.4, 0.5) is 5.00 Å². The molecule has 0 spiro atoms. The number of carbonyl (C=O) groups is 2. The van der Waals surface area contributed by atoms with Gasteiger partial charge in [-0.05, 0) is 42.2 Å². The molecule has 35 heavy (non-hydrogen) atoms. The highest BCUT2D eigenvalue weighted by Crippen LogP contribution is 2.42. The zero-order chi connectivity index (χ0) is 24.8. The minimum Gasteiger partial charge on any atom is -0.465 e. The summed E-state index contributed by atoms with van der Waals surface area (Å²) >= 11 is 2.87. The van der Waals surface area contributed by atoms with Crippen LogP contribution in [0.1, 0.15) is 38.5 Å². The minimum atomic E-state index is -0.487. The van der Waals surface area contributed by atoms with Crippen LogP contribution in [0.15, 0.2) is 89.8 Å². The van der Waals surface area contributed by atoms with E-state index in [1.54, 1.807) is 0 Å². The monoisotopic (exact) mass is 501 g/mol. The van der Waals surface area contributed by atoms with Crippen molar-refractivity contribution in [2.75, 3.05) is 12.4 Å². The van der Waals surface area contributed by atoms with Crippen LogP contribution in [0.2, 0.25) is 0 Å². The van der Waals surface area contributed by atoms with Gasteiger partial charge in [0, 0.05) is 15.3 Å². The molecule has 0 aliphatic heterocycles. The van der Waals surface area contributed by atoms with Gasteiger partial charge in [0.05, 0.1) is 7.11 Å². The molecule has 0 saturated carbocycles. The fourth-order valence-electron chi connectivity index (χ4n) is 3.90. The molecule has 4 aromatic rings. The van der Waals surface area contributed by atoms with Gasteiger partial charge >= 0.3 is 5.97 Å². The molecule has 0 aliphatic rings. The lowest BCUT2D eigenvalue weighted by atomic mass is 9.99. The van der Waals surface area contributed by atoms with Crippen LogP contribution in [0, 0.1) is 6.92 Å². The van der Waals surface area contributed by atoms with E-state index in [1.807, 2.05) is 79.7 Å². The van der Waals surface area contributed by atoms with Crippen molar-refractivity contribution < 1.29 is 14.3 Å². The normalized spacial score (nSPS) is 11.6. The van der Waals surface area contributed by atoms with Crippen molar-refractivity contribution >= 4 is 40.0 Å². The van der Waals surface area contributed by atoms with E-state index in [0.29, 0.717) is 10.6 Å². The maximum absolute atomic E-state index is 13.6. The number of esters is 1. The van der Waals surface area contributed by atoms with Crippen molar-refractivity contribution in [3.63, 3.8) is 0 Å². The first-order valence-corrected chi connectivity index (χ1v) is 13.1. The van der Waals surface area contributed by atoms with Gasteiger partial charge in [0.15, 0.2) is 0 Å². The predicted molar refractivity (Wildman–Crippen MR) is 145 cm³/mol. The van der Waals surface area contributed by atoms with Crippen molar-refractivity contribution in [2.24, 2.45) is 0 Å². The molecule has 0 unspecified atom stereocenters. The van der Waals surface area contributed by atoms with Gasteiger partial charge in [-0.3, -0.25) is 4.79 Å². The molecular formula is C29H27NO3S2. The lowest BCUT2D eigenvalue weighted by molar-refractivity contribution is -0.115. The van der Waals surface area contributed by atoms with Gasteiger partial charge < -0.3 is 10.1 Å². The molecule has 0 radical (unpaired) electrons. The number of rotatable bonds is 8. The van der Waals surface area contributed by atoms with Gasteiger partial charge in [-0.25, -0.2) is 4.79 Å². The summed E-state index contributed by atoms with van der Waals surface area (Å²) in [6.45, 7) is 4.07. The van der Waals surface area contributed by atoms with E-state index >= 15 is 0 Å². The topological polar surface area (TPSA) is 55.4 Å². The third-order valence-corrected chi connectivity index (χ3v) is 7.99.